The fourth-order valence-electron chi connectivity index (χ4n) is 0.506. The van der Waals surface area contributed by atoms with Crippen molar-refractivity contribution in [1.82, 2.24) is 0 Å². The Morgan fingerprint density at radius 3 is 2.42 bits per heavy atom. The van der Waals surface area contributed by atoms with Crippen molar-refractivity contribution in [2.75, 3.05) is 13.2 Å². The molecule has 0 amide bonds. The van der Waals surface area contributed by atoms with E-state index in [0.29, 0.717) is 0 Å². The molecule has 0 aliphatic heterocycles. The van der Waals surface area contributed by atoms with Gasteiger partial charge in [0.25, 0.3) is 0 Å². The van der Waals surface area contributed by atoms with Gasteiger partial charge in [-0.1, -0.05) is 6.92 Å². The van der Waals surface area contributed by atoms with Crippen LogP contribution in [0.1, 0.15) is 20.3 Å². The van der Waals surface area contributed by atoms with Gasteiger partial charge in [-0.25, -0.2) is 4.18 Å². The number of hydrogen-bond acceptors (Lipinski definition) is 4. The van der Waals surface area contributed by atoms with Crippen molar-refractivity contribution >= 4 is 10.4 Å². The molecular weight excluding hydrogens is 184 g/mol. The number of rotatable bonds is 6. The first kappa shape index (κ1) is 11.8. The maximum Gasteiger partial charge on any atom is 0.397 e. The summed E-state index contributed by atoms with van der Waals surface area (Å²) in [6.45, 7) is 3.83. The molecule has 0 rings (SSSR count). The van der Waals surface area contributed by atoms with Crippen LogP contribution in [0.15, 0.2) is 0 Å². The lowest BCUT2D eigenvalue weighted by Gasteiger charge is -2.09. The van der Waals surface area contributed by atoms with Gasteiger partial charge in [-0.2, -0.15) is 8.42 Å². The molecule has 1 atom stereocenters. The quantitative estimate of drug-likeness (QED) is 0.500. The van der Waals surface area contributed by atoms with Crippen LogP contribution in [0.4, 0.5) is 0 Å². The largest absolute Gasteiger partial charge is 0.397 e. The van der Waals surface area contributed by atoms with Crippen LogP contribution in [0.5, 0.6) is 0 Å². The average Bonchev–Trinajstić information content (AvgIpc) is 1.96. The minimum Gasteiger partial charge on any atom is -0.376 e. The van der Waals surface area contributed by atoms with Crippen molar-refractivity contribution in [3.63, 3.8) is 0 Å². The monoisotopic (exact) mass is 198 g/mol. The van der Waals surface area contributed by atoms with Crippen LogP contribution in [0.25, 0.3) is 0 Å². The summed E-state index contributed by atoms with van der Waals surface area (Å²) in [5.74, 6) is 0. The van der Waals surface area contributed by atoms with Gasteiger partial charge in [-0.15, -0.1) is 0 Å². The summed E-state index contributed by atoms with van der Waals surface area (Å²) in [5.41, 5.74) is 0. The van der Waals surface area contributed by atoms with Gasteiger partial charge in [0.1, 0.15) is 0 Å². The van der Waals surface area contributed by atoms with Crippen molar-refractivity contribution in [2.24, 2.45) is 0 Å². The normalized spacial score (nSPS) is 14.6. The zero-order valence-corrected chi connectivity index (χ0v) is 8.00. The lowest BCUT2D eigenvalue weighted by Crippen LogP contribution is -2.14. The second-order valence-corrected chi connectivity index (χ2v) is 3.43. The molecule has 12 heavy (non-hydrogen) atoms. The fourth-order valence-corrected chi connectivity index (χ4v) is 0.785. The highest BCUT2D eigenvalue weighted by atomic mass is 32.3. The molecule has 1 unspecified atom stereocenters. The molecule has 0 saturated heterocycles. The van der Waals surface area contributed by atoms with Gasteiger partial charge < -0.3 is 4.74 Å². The molecular formula is C6H14O5S. The van der Waals surface area contributed by atoms with Crippen LogP contribution < -0.4 is 0 Å². The third-order valence-electron chi connectivity index (χ3n) is 1.29. The number of hydrogen-bond donors (Lipinski definition) is 1. The summed E-state index contributed by atoms with van der Waals surface area (Å²) < 4.78 is 37.3. The minimum atomic E-state index is -4.31. The summed E-state index contributed by atoms with van der Waals surface area (Å²) in [5, 5.41) is 0. The van der Waals surface area contributed by atoms with Crippen LogP contribution in [0.2, 0.25) is 0 Å². The van der Waals surface area contributed by atoms with E-state index in [-0.39, 0.29) is 19.3 Å². The van der Waals surface area contributed by atoms with Crippen LogP contribution in [-0.4, -0.2) is 32.3 Å². The van der Waals surface area contributed by atoms with E-state index in [2.05, 4.69) is 4.18 Å². The van der Waals surface area contributed by atoms with E-state index in [1.807, 2.05) is 13.8 Å². The van der Waals surface area contributed by atoms with E-state index >= 15 is 0 Å². The molecule has 1 N–H and O–H groups in total. The first-order chi connectivity index (χ1) is 5.45. The first-order valence-corrected chi connectivity index (χ1v) is 5.05. The Kier molecular flexibility index (Phi) is 5.39. The topological polar surface area (TPSA) is 72.8 Å². The Balaban J connectivity index is 3.34. The SMILES string of the molecule is CCC(C)OCCOS(=O)(=O)O. The summed E-state index contributed by atoms with van der Waals surface area (Å²) in [6, 6.07) is 0. The number of ether oxygens (including phenoxy) is 1. The van der Waals surface area contributed by atoms with Gasteiger partial charge in [0.15, 0.2) is 0 Å². The predicted molar refractivity (Wildman–Crippen MR) is 43.2 cm³/mol. The van der Waals surface area contributed by atoms with Gasteiger partial charge in [0, 0.05) is 0 Å². The van der Waals surface area contributed by atoms with Gasteiger partial charge >= 0.3 is 10.4 Å². The standard InChI is InChI=1S/C6H14O5S/c1-3-6(2)10-4-5-11-12(7,8)9/h6H,3-5H2,1-2H3,(H,7,8,9). The zero-order chi connectivity index (χ0) is 9.61. The molecule has 0 saturated carbocycles. The van der Waals surface area contributed by atoms with Crippen molar-refractivity contribution in [2.45, 2.75) is 26.4 Å². The smallest absolute Gasteiger partial charge is 0.376 e. The second-order valence-electron chi connectivity index (χ2n) is 2.34. The van der Waals surface area contributed by atoms with Crippen molar-refractivity contribution < 1.29 is 21.9 Å². The highest BCUT2D eigenvalue weighted by Crippen LogP contribution is 1.95. The molecule has 0 radical (unpaired) electrons. The summed E-state index contributed by atoms with van der Waals surface area (Å²) >= 11 is 0. The molecule has 0 fully saturated rings. The Labute approximate surface area is 72.6 Å². The molecule has 0 aromatic carbocycles. The molecule has 0 bridgehead atoms. The molecule has 0 heterocycles. The molecule has 0 aliphatic carbocycles. The van der Waals surface area contributed by atoms with Crippen molar-refractivity contribution in [3.05, 3.63) is 0 Å². The Morgan fingerprint density at radius 2 is 2.00 bits per heavy atom. The molecule has 74 valence electrons. The Bertz CT molecular complexity index is 198. The third-order valence-corrected chi connectivity index (χ3v) is 1.76. The zero-order valence-electron chi connectivity index (χ0n) is 7.19. The predicted octanol–water partition coefficient (Wildman–Crippen LogP) is 0.621. The fraction of sp³-hybridized carbons (Fsp3) is 1.00. The Hall–Kier alpha value is -0.170. The second kappa shape index (κ2) is 5.47. The summed E-state index contributed by atoms with van der Waals surface area (Å²) in [6.07, 6.45) is 0.932. The highest BCUT2D eigenvalue weighted by molar-refractivity contribution is 7.80. The van der Waals surface area contributed by atoms with Crippen molar-refractivity contribution in [3.8, 4) is 0 Å². The van der Waals surface area contributed by atoms with Crippen LogP contribution in [-0.2, 0) is 19.3 Å². The Morgan fingerprint density at radius 1 is 1.42 bits per heavy atom. The van der Waals surface area contributed by atoms with E-state index in [1.165, 1.54) is 0 Å². The molecule has 6 heteroatoms. The van der Waals surface area contributed by atoms with E-state index in [0.717, 1.165) is 6.42 Å². The van der Waals surface area contributed by atoms with Gasteiger partial charge in [0.05, 0.1) is 19.3 Å². The molecule has 0 aliphatic rings. The van der Waals surface area contributed by atoms with Crippen molar-refractivity contribution in [1.29, 1.82) is 0 Å². The highest BCUT2D eigenvalue weighted by Gasteiger charge is 2.04. The lowest BCUT2D eigenvalue weighted by molar-refractivity contribution is 0.0415. The average molecular weight is 198 g/mol. The van der Waals surface area contributed by atoms with Crippen LogP contribution >= 0.6 is 0 Å². The first-order valence-electron chi connectivity index (χ1n) is 3.69. The maximum atomic E-state index is 10.0. The van der Waals surface area contributed by atoms with E-state index in [4.69, 9.17) is 9.29 Å². The summed E-state index contributed by atoms with van der Waals surface area (Å²) in [7, 11) is -4.31. The maximum absolute atomic E-state index is 10.0. The van der Waals surface area contributed by atoms with Gasteiger partial charge in [-0.05, 0) is 13.3 Å². The van der Waals surface area contributed by atoms with E-state index < -0.39 is 10.4 Å². The molecule has 0 aromatic heterocycles. The van der Waals surface area contributed by atoms with Gasteiger partial charge in [0.2, 0.25) is 0 Å². The van der Waals surface area contributed by atoms with E-state index in [9.17, 15) is 8.42 Å². The van der Waals surface area contributed by atoms with E-state index in [1.54, 1.807) is 0 Å². The molecule has 0 spiro atoms. The molecule has 0 aromatic rings. The van der Waals surface area contributed by atoms with Gasteiger partial charge in [-0.3, -0.25) is 4.55 Å². The summed E-state index contributed by atoms with van der Waals surface area (Å²) in [4.78, 5) is 0. The lowest BCUT2D eigenvalue weighted by atomic mass is 10.3. The molecule has 5 nitrogen and oxygen atoms in total. The third kappa shape index (κ3) is 7.93. The van der Waals surface area contributed by atoms with Crippen LogP contribution in [0.3, 0.4) is 0 Å². The van der Waals surface area contributed by atoms with Crippen LogP contribution in [0, 0.1) is 0 Å². The minimum absolute atomic E-state index is 0.0787.